The van der Waals surface area contributed by atoms with Crippen LogP contribution in [0.15, 0.2) is 70.7 Å². The first-order chi connectivity index (χ1) is 14.6. The normalized spacial score (nSPS) is 12.0. The lowest BCUT2D eigenvalue weighted by Crippen LogP contribution is -2.23. The van der Waals surface area contributed by atoms with Gasteiger partial charge in [0.25, 0.3) is 0 Å². The zero-order chi connectivity index (χ0) is 22.6. The molecule has 0 spiro atoms. The van der Waals surface area contributed by atoms with Gasteiger partial charge >= 0.3 is 6.18 Å². The van der Waals surface area contributed by atoms with Crippen LogP contribution < -0.4 is 9.64 Å². The van der Waals surface area contributed by atoms with Gasteiger partial charge in [-0.1, -0.05) is 36.0 Å². The van der Waals surface area contributed by atoms with Crippen LogP contribution in [0.25, 0.3) is 0 Å². The highest BCUT2D eigenvalue weighted by atomic mass is 32.2. The third-order valence-electron chi connectivity index (χ3n) is 4.12. The lowest BCUT2D eigenvalue weighted by atomic mass is 10.2. The van der Waals surface area contributed by atoms with Gasteiger partial charge in [0.05, 0.1) is 0 Å². The molecule has 0 N–H and O–H groups in total. The van der Waals surface area contributed by atoms with Gasteiger partial charge in [0.2, 0.25) is 5.95 Å². The number of alkyl halides is 3. The summed E-state index contributed by atoms with van der Waals surface area (Å²) >= 11 is 0.967. The molecule has 8 heteroatoms. The van der Waals surface area contributed by atoms with Crippen molar-refractivity contribution in [3.05, 3.63) is 66.4 Å². The number of rotatable bonds is 6. The molecule has 0 aliphatic rings. The fourth-order valence-corrected chi connectivity index (χ4v) is 3.79. The van der Waals surface area contributed by atoms with Crippen molar-refractivity contribution >= 4 is 23.4 Å². The highest BCUT2D eigenvalue weighted by Gasteiger charge is 2.36. The average Bonchev–Trinajstić information content (AvgIpc) is 2.68. The molecule has 164 valence electrons. The molecule has 1 aromatic heterocycles. The van der Waals surface area contributed by atoms with Crippen LogP contribution in [0.2, 0.25) is 0 Å². The molecule has 0 saturated heterocycles. The van der Waals surface area contributed by atoms with E-state index in [1.165, 1.54) is 0 Å². The van der Waals surface area contributed by atoms with E-state index in [1.807, 2.05) is 58.0 Å². The zero-order valence-corrected chi connectivity index (χ0v) is 18.6. The molecule has 0 amide bonds. The van der Waals surface area contributed by atoms with Crippen LogP contribution in [0.3, 0.4) is 0 Å². The minimum absolute atomic E-state index is 0.135. The Labute approximate surface area is 184 Å². The van der Waals surface area contributed by atoms with Crippen LogP contribution in [0.1, 0.15) is 33.3 Å². The van der Waals surface area contributed by atoms with Gasteiger partial charge in [0.1, 0.15) is 21.9 Å². The van der Waals surface area contributed by atoms with E-state index in [-0.39, 0.29) is 16.6 Å². The fraction of sp³-hybridized carbons (Fsp3) is 0.304. The summed E-state index contributed by atoms with van der Waals surface area (Å²) in [6, 6.07) is 16.2. The van der Waals surface area contributed by atoms with Crippen molar-refractivity contribution in [1.29, 1.82) is 0 Å². The van der Waals surface area contributed by atoms with Crippen LogP contribution in [0.5, 0.6) is 5.75 Å². The molecule has 1 heterocycles. The van der Waals surface area contributed by atoms with E-state index in [1.54, 1.807) is 29.2 Å². The number of anilines is 2. The maximum Gasteiger partial charge on any atom is 0.420 e. The largest absolute Gasteiger partial charge is 0.488 e. The van der Waals surface area contributed by atoms with Gasteiger partial charge in [-0.3, -0.25) is 0 Å². The quantitative estimate of drug-likeness (QED) is 0.381. The third-order valence-corrected chi connectivity index (χ3v) is 5.13. The molecule has 0 aliphatic carbocycles. The van der Waals surface area contributed by atoms with Gasteiger partial charge in [-0.2, -0.15) is 13.2 Å². The van der Waals surface area contributed by atoms with Crippen molar-refractivity contribution in [2.45, 2.75) is 49.4 Å². The minimum atomic E-state index is -4.55. The van der Waals surface area contributed by atoms with Crippen LogP contribution >= 0.6 is 11.8 Å². The molecule has 31 heavy (non-hydrogen) atoms. The number of halogens is 3. The first-order valence-corrected chi connectivity index (χ1v) is 10.6. The highest BCUT2D eigenvalue weighted by molar-refractivity contribution is 7.99. The summed E-state index contributed by atoms with van der Waals surface area (Å²) in [7, 11) is 0. The summed E-state index contributed by atoms with van der Waals surface area (Å²) in [6.07, 6.45) is -3.70. The summed E-state index contributed by atoms with van der Waals surface area (Å²) in [5.74, 6) is 0.857. The predicted octanol–water partition coefficient (Wildman–Crippen LogP) is 6.98. The SMILES string of the molecule is CCN(c1cccc(OC(C)(C)C)c1)c1ncc(C(F)(F)F)c(Sc2ccccc2)n1. The minimum Gasteiger partial charge on any atom is -0.488 e. The fourth-order valence-electron chi connectivity index (χ4n) is 2.87. The molecule has 0 radical (unpaired) electrons. The second-order valence-electron chi connectivity index (χ2n) is 7.76. The van der Waals surface area contributed by atoms with Crippen LogP contribution in [0.4, 0.5) is 24.8 Å². The van der Waals surface area contributed by atoms with E-state index in [2.05, 4.69) is 9.97 Å². The number of aromatic nitrogens is 2. The van der Waals surface area contributed by atoms with E-state index in [0.29, 0.717) is 17.2 Å². The molecule has 2 aromatic carbocycles. The monoisotopic (exact) mass is 447 g/mol. The Morgan fingerprint density at radius 1 is 1.00 bits per heavy atom. The summed E-state index contributed by atoms with van der Waals surface area (Å²) in [4.78, 5) is 10.8. The van der Waals surface area contributed by atoms with Crippen molar-refractivity contribution in [3.63, 3.8) is 0 Å². The Balaban J connectivity index is 2.00. The Bertz CT molecular complexity index is 1020. The number of nitrogens with zero attached hydrogens (tertiary/aromatic N) is 3. The molecule has 3 aromatic rings. The summed E-state index contributed by atoms with van der Waals surface area (Å²) in [6.45, 7) is 8.21. The molecule has 3 rings (SSSR count). The zero-order valence-electron chi connectivity index (χ0n) is 17.8. The third kappa shape index (κ3) is 6.13. The Morgan fingerprint density at radius 3 is 2.32 bits per heavy atom. The Hall–Kier alpha value is -2.74. The number of benzene rings is 2. The molecule has 0 atom stereocenters. The topological polar surface area (TPSA) is 38.2 Å². The molecular formula is C23H24F3N3OS. The van der Waals surface area contributed by atoms with Gasteiger partial charge in [-0.15, -0.1) is 0 Å². The molecule has 0 fully saturated rings. The lowest BCUT2D eigenvalue weighted by molar-refractivity contribution is -0.140. The van der Waals surface area contributed by atoms with Crippen molar-refractivity contribution in [1.82, 2.24) is 9.97 Å². The molecule has 0 saturated carbocycles. The summed E-state index contributed by atoms with van der Waals surface area (Å²) in [5, 5.41) is -0.135. The maximum absolute atomic E-state index is 13.6. The first-order valence-electron chi connectivity index (χ1n) is 9.80. The molecule has 0 unspecified atom stereocenters. The van der Waals surface area contributed by atoms with Crippen molar-refractivity contribution < 1.29 is 17.9 Å². The second-order valence-corrected chi connectivity index (χ2v) is 8.82. The van der Waals surface area contributed by atoms with E-state index in [4.69, 9.17) is 4.74 Å². The Morgan fingerprint density at radius 2 is 1.71 bits per heavy atom. The van der Waals surface area contributed by atoms with E-state index >= 15 is 0 Å². The predicted molar refractivity (Wildman–Crippen MR) is 117 cm³/mol. The summed E-state index contributed by atoms with van der Waals surface area (Å²) in [5.41, 5.74) is -0.495. The van der Waals surface area contributed by atoms with Gasteiger partial charge in [-0.05, 0) is 52.0 Å². The standard InChI is InChI=1S/C23H24F3N3OS/c1-5-29(16-10-9-11-17(14-16)30-22(2,3)4)21-27-15-19(23(24,25)26)20(28-21)31-18-12-7-6-8-13-18/h6-15H,5H2,1-4H3. The van der Waals surface area contributed by atoms with E-state index < -0.39 is 11.7 Å². The summed E-state index contributed by atoms with van der Waals surface area (Å²) < 4.78 is 46.6. The van der Waals surface area contributed by atoms with E-state index in [9.17, 15) is 13.2 Å². The van der Waals surface area contributed by atoms with Crippen molar-refractivity contribution in [2.75, 3.05) is 11.4 Å². The van der Waals surface area contributed by atoms with E-state index in [0.717, 1.165) is 23.6 Å². The van der Waals surface area contributed by atoms with Crippen molar-refractivity contribution in [2.24, 2.45) is 0 Å². The van der Waals surface area contributed by atoms with Gasteiger partial charge in [0.15, 0.2) is 0 Å². The van der Waals surface area contributed by atoms with Crippen LogP contribution in [-0.4, -0.2) is 22.1 Å². The lowest BCUT2D eigenvalue weighted by Gasteiger charge is -2.25. The first kappa shape index (κ1) is 22.9. The number of hydrogen-bond donors (Lipinski definition) is 0. The average molecular weight is 448 g/mol. The van der Waals surface area contributed by atoms with Crippen LogP contribution in [-0.2, 0) is 6.18 Å². The molecular weight excluding hydrogens is 423 g/mol. The molecule has 0 aliphatic heterocycles. The second kappa shape index (κ2) is 9.18. The van der Waals surface area contributed by atoms with Gasteiger partial charge < -0.3 is 9.64 Å². The highest BCUT2D eigenvalue weighted by Crippen LogP contribution is 2.39. The maximum atomic E-state index is 13.6. The van der Waals surface area contributed by atoms with Gasteiger partial charge in [0, 0.05) is 29.4 Å². The number of hydrogen-bond acceptors (Lipinski definition) is 5. The van der Waals surface area contributed by atoms with Gasteiger partial charge in [-0.25, -0.2) is 9.97 Å². The molecule has 0 bridgehead atoms. The molecule has 4 nitrogen and oxygen atoms in total. The number of ether oxygens (including phenoxy) is 1. The van der Waals surface area contributed by atoms with Crippen LogP contribution in [0, 0.1) is 0 Å². The smallest absolute Gasteiger partial charge is 0.420 e. The Kier molecular flexibility index (Phi) is 6.79. The van der Waals surface area contributed by atoms with Crippen molar-refractivity contribution in [3.8, 4) is 5.75 Å².